The number of isocyanates is 1. The normalized spacial score (nSPS) is 21.5. The zero-order valence-corrected chi connectivity index (χ0v) is 62.7. The molecule has 0 radical (unpaired) electrons. The highest BCUT2D eigenvalue weighted by molar-refractivity contribution is 5.93. The molecule has 2 heterocycles. The minimum Gasteiger partial charge on any atom is -0.481 e. The third kappa shape index (κ3) is 20.4. The molecular formula is C83H96N6O19. The van der Waals surface area contributed by atoms with E-state index in [1.807, 2.05) is 51.1 Å². The lowest BCUT2D eigenvalue weighted by atomic mass is 9.49. The smallest absolute Gasteiger partial charge is 0.417 e. The van der Waals surface area contributed by atoms with E-state index in [2.05, 4.69) is 38.6 Å². The quantitative estimate of drug-likeness (QED) is 0.0141. The van der Waals surface area contributed by atoms with Crippen molar-refractivity contribution < 1.29 is 92.1 Å². The number of aromatic carboxylic acids is 1. The monoisotopic (exact) mass is 1480 g/mol. The van der Waals surface area contributed by atoms with Crippen molar-refractivity contribution in [2.24, 2.45) is 4.99 Å². The molecule has 0 unspecified atom stereocenters. The van der Waals surface area contributed by atoms with Crippen molar-refractivity contribution in [3.05, 3.63) is 203 Å². The molecule has 4 fully saturated rings. The number of likely N-dealkylation sites (tertiary alicyclic amines) is 2. The lowest BCUT2D eigenvalue weighted by Gasteiger charge is -2.63. The summed E-state index contributed by atoms with van der Waals surface area (Å²) in [6, 6.07) is 35.8. The number of Topliss-reactive ketones (excluding diaryl/α,β-unsaturated/α-hetero) is 2. The zero-order chi connectivity index (χ0) is 79.3. The number of aliphatic carboxylic acids is 1. The molecule has 2 aliphatic heterocycles. The molecule has 12 rings (SSSR count). The van der Waals surface area contributed by atoms with Crippen LogP contribution in [0.4, 0.5) is 32.3 Å². The Morgan fingerprint density at radius 1 is 0.546 bits per heavy atom. The van der Waals surface area contributed by atoms with Gasteiger partial charge in [-0.3, -0.25) is 34.8 Å². The fourth-order valence-corrected chi connectivity index (χ4v) is 14.9. The number of carboxylic acid groups (broad SMARTS) is 2. The fourth-order valence-electron chi connectivity index (χ4n) is 14.9. The number of aliphatic imine (C=N–C) groups is 1. The highest BCUT2D eigenvalue weighted by Gasteiger charge is 2.66. The van der Waals surface area contributed by atoms with Crippen molar-refractivity contribution in [3.8, 4) is 11.5 Å². The molecule has 8 N–H and O–H groups in total. The summed E-state index contributed by atoms with van der Waals surface area (Å²) >= 11 is 0. The Balaban J connectivity index is 0.000000193. The van der Waals surface area contributed by atoms with Gasteiger partial charge in [-0.25, -0.2) is 33.6 Å². The van der Waals surface area contributed by atoms with Crippen molar-refractivity contribution in [1.82, 2.24) is 9.80 Å². The summed E-state index contributed by atoms with van der Waals surface area (Å²) < 4.78 is 26.9. The van der Waals surface area contributed by atoms with Gasteiger partial charge < -0.3 is 49.8 Å². The molecule has 0 spiro atoms. The maximum Gasteiger partial charge on any atom is 0.417 e. The SMILES string of the molecule is C=CCN1CC[C@]23CC(=O)CC[C@@]2(O)[C@H]1Cc1ccc(OC(=O)Nc2ccc(C(=O)O)cc2)cc13.C=CCN1CC[C@]23CC(=O)CC[C@@]2(O)[C@H]1Cc1ccc(OC(=O)Nc2ccc(C(=O)OC(C)(C)C)cc2)cc13.CC(=O)O.CC(C)(C)OC(=O)c1ccc(N)cc1.CC(C)(C)OC(=O)c1ccc(N=C=O)cc1. The van der Waals surface area contributed by atoms with Gasteiger partial charge in [0.05, 0.1) is 39.1 Å². The van der Waals surface area contributed by atoms with Gasteiger partial charge in [0.1, 0.15) is 39.9 Å². The van der Waals surface area contributed by atoms with E-state index in [9.17, 15) is 53.4 Å². The van der Waals surface area contributed by atoms with Crippen LogP contribution < -0.4 is 25.8 Å². The van der Waals surface area contributed by atoms with E-state index in [1.54, 1.807) is 133 Å². The Hall–Kier alpha value is -11.0. The minimum absolute atomic E-state index is 0.0939. The number of nitrogens with one attached hydrogen (secondary N) is 2. The van der Waals surface area contributed by atoms with Crippen LogP contribution >= 0.6 is 0 Å². The highest BCUT2D eigenvalue weighted by atomic mass is 16.6. The first-order valence-corrected chi connectivity index (χ1v) is 35.5. The highest BCUT2D eigenvalue weighted by Crippen LogP contribution is 2.59. The lowest BCUT2D eigenvalue weighted by Crippen LogP contribution is -2.73. The van der Waals surface area contributed by atoms with Crippen molar-refractivity contribution >= 4 is 82.4 Å². The Labute approximate surface area is 628 Å². The zero-order valence-electron chi connectivity index (χ0n) is 62.7. The van der Waals surface area contributed by atoms with Crippen LogP contribution in [-0.4, -0.2) is 156 Å². The number of esters is 3. The number of fused-ring (bicyclic) bond motifs is 2. The Bertz CT molecular complexity index is 4400. The van der Waals surface area contributed by atoms with E-state index in [0.717, 1.165) is 42.3 Å². The number of ketones is 2. The molecule has 572 valence electrons. The summed E-state index contributed by atoms with van der Waals surface area (Å²) in [5.74, 6) is -2.07. The molecule has 0 aromatic heterocycles. The molecule has 6 aromatic rings. The maximum absolute atomic E-state index is 12.7. The number of nitrogen functional groups attached to an aromatic ring is 1. The number of carbonyl (C=O) groups is 9. The van der Waals surface area contributed by atoms with Gasteiger partial charge in [-0.1, -0.05) is 24.3 Å². The van der Waals surface area contributed by atoms with E-state index >= 15 is 0 Å². The van der Waals surface area contributed by atoms with E-state index in [0.29, 0.717) is 115 Å². The van der Waals surface area contributed by atoms with Crippen LogP contribution in [-0.2, 0) is 57.1 Å². The predicted molar refractivity (Wildman–Crippen MR) is 405 cm³/mol. The fraction of sp³-hybridized carbons (Fsp3) is 0.398. The van der Waals surface area contributed by atoms with Gasteiger partial charge in [0, 0.05) is 85.7 Å². The van der Waals surface area contributed by atoms with Crippen LogP contribution in [0.2, 0.25) is 0 Å². The summed E-state index contributed by atoms with van der Waals surface area (Å²) in [6.07, 6.45) is 8.49. The van der Waals surface area contributed by atoms with Crippen molar-refractivity contribution in [2.45, 2.75) is 184 Å². The Kier molecular flexibility index (Phi) is 26.3. The van der Waals surface area contributed by atoms with Crippen LogP contribution in [0, 0.1) is 0 Å². The molecule has 2 amide bonds. The second-order valence-corrected chi connectivity index (χ2v) is 30.5. The predicted octanol–water partition coefficient (Wildman–Crippen LogP) is 13.2. The molecule has 4 bridgehead atoms. The lowest BCUT2D eigenvalue weighted by molar-refractivity contribution is -0.171. The largest absolute Gasteiger partial charge is 0.481 e. The molecular weight excluding hydrogens is 1380 g/mol. The first-order chi connectivity index (χ1) is 50.7. The molecule has 2 saturated heterocycles. The number of hydrogen-bond acceptors (Lipinski definition) is 21. The van der Waals surface area contributed by atoms with Gasteiger partial charge in [-0.05, 0) is 258 Å². The van der Waals surface area contributed by atoms with Gasteiger partial charge in [-0.15, -0.1) is 13.2 Å². The molecule has 2 saturated carbocycles. The molecule has 6 aromatic carbocycles. The van der Waals surface area contributed by atoms with E-state index in [4.69, 9.17) is 44.4 Å². The van der Waals surface area contributed by atoms with Crippen molar-refractivity contribution in [3.63, 3.8) is 0 Å². The van der Waals surface area contributed by atoms with Crippen LogP contribution in [0.5, 0.6) is 11.5 Å². The van der Waals surface area contributed by atoms with Crippen LogP contribution in [0.15, 0.2) is 164 Å². The molecule has 25 heteroatoms. The van der Waals surface area contributed by atoms with Crippen LogP contribution in [0.25, 0.3) is 0 Å². The number of benzene rings is 6. The standard InChI is InChI=1S/C31H36N2O6.C27H28N2O6.C12H13NO3.C11H15NO2.C2H4O2/c1-5-15-33-16-14-30-19-23(34)12-13-31(30,37)26(33)17-21-8-11-24(18-25(21)30)38-28(36)32-22-9-6-20(7-10-22)27(35)39-29(2,3)4;1-2-12-29-13-11-26-16-20(30)9-10-27(26,34)23(29)14-18-5-8-21(15-22(18)26)35-25(33)28-19-6-3-17(4-7-19)24(31)32;1-12(2,3)16-11(15)9-4-6-10(7-5-9)13-8-14;1-11(2,3)14-10(13)8-4-6-9(12)7-5-8;1-2(3)4/h5-11,18,26,37H,1,12-17,19H2,2-4H3,(H,32,36);2-8,15,23,34H,1,9-14,16H2,(H,28,33)(H,31,32);4-7H,1-3H3;4-7H,12H2,1-3H3;1H3,(H,3,4)/t26-,30-,31-;23-,26-,27-;;;/m11.../s1. The number of nitrogens with two attached hydrogens (primary N) is 1. The first kappa shape index (κ1) is 82.7. The number of piperidine rings is 2. The average Bonchev–Trinajstić information content (AvgIpc) is 0.696. The number of carbonyl (C=O) groups excluding carboxylic acids is 8. The van der Waals surface area contributed by atoms with Gasteiger partial charge in [-0.2, -0.15) is 4.99 Å². The number of hydrogen-bond donors (Lipinski definition) is 7. The average molecular weight is 1480 g/mol. The van der Waals surface area contributed by atoms with E-state index in [1.165, 1.54) is 30.3 Å². The summed E-state index contributed by atoms with van der Waals surface area (Å²) in [5.41, 5.74) is 7.77. The molecule has 4 aliphatic carbocycles. The number of aliphatic hydroxyl groups is 2. The topological polar surface area (TPSA) is 367 Å². The number of amides is 2. The van der Waals surface area contributed by atoms with Crippen LogP contribution in [0.3, 0.4) is 0 Å². The van der Waals surface area contributed by atoms with Gasteiger partial charge >= 0.3 is 36.1 Å². The van der Waals surface area contributed by atoms with Crippen LogP contribution in [0.1, 0.15) is 184 Å². The number of ether oxygens (including phenoxy) is 5. The summed E-state index contributed by atoms with van der Waals surface area (Å²) in [4.78, 5) is 124. The second-order valence-electron chi connectivity index (χ2n) is 30.5. The van der Waals surface area contributed by atoms with E-state index in [-0.39, 0.29) is 48.0 Å². The number of anilines is 3. The number of nitrogens with zero attached hydrogens (tertiary/aromatic N) is 3. The van der Waals surface area contributed by atoms with Crippen molar-refractivity contribution in [2.75, 3.05) is 42.5 Å². The summed E-state index contributed by atoms with van der Waals surface area (Å²) in [6.45, 7) is 28.0. The molecule has 25 nitrogen and oxygen atoms in total. The third-order valence-corrected chi connectivity index (χ3v) is 19.4. The van der Waals surface area contributed by atoms with E-state index < -0.39 is 74.9 Å². The number of rotatable bonds is 13. The summed E-state index contributed by atoms with van der Waals surface area (Å²) in [7, 11) is 0. The molecule has 6 atom stereocenters. The van der Waals surface area contributed by atoms with Crippen molar-refractivity contribution in [1.29, 1.82) is 0 Å². The Morgan fingerprint density at radius 2 is 0.889 bits per heavy atom. The van der Waals surface area contributed by atoms with Gasteiger partial charge in [0.2, 0.25) is 6.08 Å². The molecule has 6 aliphatic rings. The number of carboxylic acids is 2. The molecule has 108 heavy (non-hydrogen) atoms. The Morgan fingerprint density at radius 3 is 1.22 bits per heavy atom. The minimum atomic E-state index is -1.05. The first-order valence-electron chi connectivity index (χ1n) is 35.5. The second kappa shape index (κ2) is 34.3. The van der Waals surface area contributed by atoms with Gasteiger partial charge in [0.25, 0.3) is 5.97 Å². The maximum atomic E-state index is 12.7. The van der Waals surface area contributed by atoms with Gasteiger partial charge in [0.15, 0.2) is 0 Å². The summed E-state index contributed by atoms with van der Waals surface area (Å²) in [5, 5.41) is 45.9. The third-order valence-electron chi connectivity index (χ3n) is 19.4.